The van der Waals surface area contributed by atoms with Gasteiger partial charge in [0.2, 0.25) is 0 Å². The number of hydrogen-bond donors (Lipinski definition) is 2. The van der Waals surface area contributed by atoms with E-state index in [0.717, 1.165) is 24.7 Å². The lowest BCUT2D eigenvalue weighted by atomic mass is 10.1. The number of aliphatic imine (C=N–C) groups is 1. The minimum atomic E-state index is -2.83. The van der Waals surface area contributed by atoms with Crippen LogP contribution in [-0.2, 0) is 6.54 Å². The third kappa shape index (κ3) is 5.30. The van der Waals surface area contributed by atoms with Gasteiger partial charge in [0.15, 0.2) is 5.96 Å². The molecule has 2 aliphatic rings. The highest BCUT2D eigenvalue weighted by Crippen LogP contribution is 2.31. The molecule has 144 valence electrons. The van der Waals surface area contributed by atoms with E-state index < -0.39 is 6.61 Å². The summed E-state index contributed by atoms with van der Waals surface area (Å²) in [5, 5.41) is 6.56. The maximum absolute atomic E-state index is 12.6. The highest BCUT2D eigenvalue weighted by molar-refractivity contribution is 5.79. The molecule has 1 atom stereocenters. The normalized spacial score (nSPS) is 21.3. The molecule has 2 N–H and O–H groups in total. The smallest absolute Gasteiger partial charge is 0.387 e. The predicted molar refractivity (Wildman–Crippen MR) is 98.7 cm³/mol. The van der Waals surface area contributed by atoms with Crippen molar-refractivity contribution in [3.63, 3.8) is 0 Å². The molecule has 1 aromatic rings. The fourth-order valence-electron chi connectivity index (χ4n) is 3.50. The fraction of sp³-hybridized carbons (Fsp3) is 0.632. The first-order valence-electron chi connectivity index (χ1n) is 9.28. The van der Waals surface area contributed by atoms with Gasteiger partial charge in [-0.05, 0) is 44.7 Å². The Balaban J connectivity index is 1.48. The summed E-state index contributed by atoms with van der Waals surface area (Å²) in [6.07, 6.45) is 3.91. The van der Waals surface area contributed by atoms with Crippen molar-refractivity contribution in [2.75, 3.05) is 26.7 Å². The molecule has 1 aromatic carbocycles. The third-order valence-corrected chi connectivity index (χ3v) is 5.04. The Morgan fingerprint density at radius 3 is 2.81 bits per heavy atom. The number of aryl methyl sites for hydroxylation is 1. The summed E-state index contributed by atoms with van der Waals surface area (Å²) in [5.74, 6) is 1.51. The molecule has 1 aliphatic heterocycles. The zero-order valence-electron chi connectivity index (χ0n) is 15.5. The minimum absolute atomic E-state index is 0.199. The van der Waals surface area contributed by atoms with Crippen molar-refractivity contribution < 1.29 is 13.5 Å². The van der Waals surface area contributed by atoms with Crippen LogP contribution in [-0.4, -0.2) is 50.2 Å². The summed E-state index contributed by atoms with van der Waals surface area (Å²) in [6, 6.07) is 6.02. The summed E-state index contributed by atoms with van der Waals surface area (Å²) in [5.41, 5.74) is 1.69. The van der Waals surface area contributed by atoms with Crippen LogP contribution in [0.1, 0.15) is 30.4 Å². The largest absolute Gasteiger partial charge is 0.434 e. The SMILES string of the molecule is CN=C(NCc1cc(C)ccc1OC(F)F)NCC1CCN(C2CC2)C1. The minimum Gasteiger partial charge on any atom is -0.434 e. The van der Waals surface area contributed by atoms with Crippen LogP contribution in [0.2, 0.25) is 0 Å². The molecule has 0 spiro atoms. The van der Waals surface area contributed by atoms with Crippen LogP contribution in [0.3, 0.4) is 0 Å². The van der Waals surface area contributed by atoms with Crippen LogP contribution in [0.4, 0.5) is 8.78 Å². The maximum Gasteiger partial charge on any atom is 0.387 e. The van der Waals surface area contributed by atoms with Crippen molar-refractivity contribution in [2.24, 2.45) is 10.9 Å². The van der Waals surface area contributed by atoms with Gasteiger partial charge in [-0.15, -0.1) is 0 Å². The van der Waals surface area contributed by atoms with E-state index >= 15 is 0 Å². The number of hydrogen-bond acceptors (Lipinski definition) is 3. The van der Waals surface area contributed by atoms with Gasteiger partial charge in [0.1, 0.15) is 5.75 Å². The molecule has 0 bridgehead atoms. The van der Waals surface area contributed by atoms with Crippen LogP contribution in [0, 0.1) is 12.8 Å². The van der Waals surface area contributed by atoms with Crippen molar-refractivity contribution in [1.82, 2.24) is 15.5 Å². The summed E-state index contributed by atoms with van der Waals surface area (Å²) >= 11 is 0. The number of benzene rings is 1. The number of guanidine groups is 1. The van der Waals surface area contributed by atoms with Gasteiger partial charge in [0, 0.05) is 38.3 Å². The Bertz CT molecular complexity index is 634. The van der Waals surface area contributed by atoms with Crippen molar-refractivity contribution in [3.05, 3.63) is 29.3 Å². The number of nitrogens with zero attached hydrogens (tertiary/aromatic N) is 2. The van der Waals surface area contributed by atoms with Crippen LogP contribution < -0.4 is 15.4 Å². The van der Waals surface area contributed by atoms with Gasteiger partial charge in [0.25, 0.3) is 0 Å². The Morgan fingerprint density at radius 2 is 2.12 bits per heavy atom. The zero-order chi connectivity index (χ0) is 18.5. The lowest BCUT2D eigenvalue weighted by Crippen LogP contribution is -2.40. The molecule has 1 heterocycles. The summed E-state index contributed by atoms with van der Waals surface area (Å²) < 4.78 is 29.7. The lowest BCUT2D eigenvalue weighted by molar-refractivity contribution is -0.0504. The van der Waals surface area contributed by atoms with Gasteiger partial charge in [0.05, 0.1) is 0 Å². The molecule has 7 heteroatoms. The number of halogens is 2. The topological polar surface area (TPSA) is 48.9 Å². The molecule has 2 fully saturated rings. The van der Waals surface area contributed by atoms with Gasteiger partial charge in [-0.2, -0.15) is 8.78 Å². The highest BCUT2D eigenvalue weighted by atomic mass is 19.3. The third-order valence-electron chi connectivity index (χ3n) is 5.04. The van der Waals surface area contributed by atoms with Crippen molar-refractivity contribution in [2.45, 2.75) is 45.4 Å². The number of ether oxygens (including phenoxy) is 1. The Hall–Kier alpha value is -1.89. The summed E-state index contributed by atoms with van der Waals surface area (Å²) in [6.45, 7) is 2.69. The molecule has 0 amide bonds. The van der Waals surface area contributed by atoms with E-state index in [-0.39, 0.29) is 5.75 Å². The molecule has 5 nitrogen and oxygen atoms in total. The first kappa shape index (κ1) is 18.9. The van der Waals surface area contributed by atoms with Gasteiger partial charge in [-0.1, -0.05) is 17.7 Å². The van der Waals surface area contributed by atoms with Gasteiger partial charge in [-0.25, -0.2) is 0 Å². The van der Waals surface area contributed by atoms with E-state index in [1.165, 1.54) is 25.8 Å². The Morgan fingerprint density at radius 1 is 1.31 bits per heavy atom. The van der Waals surface area contributed by atoms with E-state index in [1.807, 2.05) is 13.0 Å². The van der Waals surface area contributed by atoms with Crippen molar-refractivity contribution in [1.29, 1.82) is 0 Å². The van der Waals surface area contributed by atoms with E-state index in [2.05, 4.69) is 25.3 Å². The average molecular weight is 366 g/mol. The van der Waals surface area contributed by atoms with Gasteiger partial charge < -0.3 is 20.3 Å². The number of alkyl halides is 2. The quantitative estimate of drug-likeness (QED) is 0.576. The van der Waals surface area contributed by atoms with Crippen LogP contribution in [0.15, 0.2) is 23.2 Å². The van der Waals surface area contributed by atoms with Crippen LogP contribution in [0.5, 0.6) is 5.75 Å². The van der Waals surface area contributed by atoms with E-state index in [9.17, 15) is 8.78 Å². The molecule has 1 unspecified atom stereocenters. The van der Waals surface area contributed by atoms with Crippen LogP contribution >= 0.6 is 0 Å². The lowest BCUT2D eigenvalue weighted by Gasteiger charge is -2.18. The van der Waals surface area contributed by atoms with E-state index in [4.69, 9.17) is 0 Å². The molecular formula is C19H28F2N4O. The zero-order valence-corrected chi connectivity index (χ0v) is 15.5. The van der Waals surface area contributed by atoms with Gasteiger partial charge >= 0.3 is 6.61 Å². The monoisotopic (exact) mass is 366 g/mol. The first-order valence-corrected chi connectivity index (χ1v) is 9.28. The molecule has 0 aromatic heterocycles. The van der Waals surface area contributed by atoms with Gasteiger partial charge in [-0.3, -0.25) is 4.99 Å². The molecule has 1 saturated heterocycles. The fourth-order valence-corrected chi connectivity index (χ4v) is 3.50. The number of rotatable bonds is 7. The molecule has 26 heavy (non-hydrogen) atoms. The molecule has 3 rings (SSSR count). The average Bonchev–Trinajstić information content (AvgIpc) is 3.35. The first-order chi connectivity index (χ1) is 12.5. The Labute approximate surface area is 153 Å². The second kappa shape index (κ2) is 8.66. The highest BCUT2D eigenvalue weighted by Gasteiger charge is 2.34. The molecule has 1 aliphatic carbocycles. The standard InChI is InChI=1S/C19H28F2N4O/c1-13-3-6-17(26-18(20)21)15(9-13)11-24-19(22-2)23-10-14-7-8-25(12-14)16-4-5-16/h3,6,9,14,16,18H,4-5,7-8,10-12H2,1-2H3,(H2,22,23,24). The van der Waals surface area contributed by atoms with E-state index in [1.54, 1.807) is 19.2 Å². The van der Waals surface area contributed by atoms with E-state index in [0.29, 0.717) is 24.0 Å². The predicted octanol–water partition coefficient (Wildman–Crippen LogP) is 2.75. The molecular weight excluding hydrogens is 338 g/mol. The second-order valence-corrected chi connectivity index (χ2v) is 7.18. The summed E-state index contributed by atoms with van der Waals surface area (Å²) in [7, 11) is 1.72. The maximum atomic E-state index is 12.6. The summed E-state index contributed by atoms with van der Waals surface area (Å²) in [4.78, 5) is 6.82. The molecule has 1 saturated carbocycles. The van der Waals surface area contributed by atoms with Crippen molar-refractivity contribution in [3.8, 4) is 5.75 Å². The number of likely N-dealkylation sites (tertiary alicyclic amines) is 1. The second-order valence-electron chi connectivity index (χ2n) is 7.18. The number of nitrogens with one attached hydrogen (secondary N) is 2. The molecule has 0 radical (unpaired) electrons. The van der Waals surface area contributed by atoms with Crippen LogP contribution in [0.25, 0.3) is 0 Å². The Kier molecular flexibility index (Phi) is 6.29. The van der Waals surface area contributed by atoms with Crippen molar-refractivity contribution >= 4 is 5.96 Å².